The number of nitrogens with zero attached hydrogens (tertiary/aromatic N) is 1. The van der Waals surface area contributed by atoms with Crippen LogP contribution < -0.4 is 10.6 Å². The van der Waals surface area contributed by atoms with Crippen LogP contribution in [0.4, 0.5) is 20.2 Å². The van der Waals surface area contributed by atoms with Crippen molar-refractivity contribution in [3.05, 3.63) is 105 Å². The van der Waals surface area contributed by atoms with Crippen LogP contribution in [0, 0.1) is 21.7 Å². The lowest BCUT2D eigenvalue weighted by atomic mass is 10.1. The van der Waals surface area contributed by atoms with E-state index < -0.39 is 39.6 Å². The zero-order chi connectivity index (χ0) is 22.5. The van der Waals surface area contributed by atoms with Gasteiger partial charge in [-0.2, -0.15) is 4.39 Å². The van der Waals surface area contributed by atoms with Crippen LogP contribution >= 0.6 is 0 Å². The summed E-state index contributed by atoms with van der Waals surface area (Å²) in [5, 5.41) is 15.9. The summed E-state index contributed by atoms with van der Waals surface area (Å²) in [4.78, 5) is 34.8. The van der Waals surface area contributed by atoms with E-state index >= 15 is 0 Å². The Bertz CT molecular complexity index is 1150. The molecule has 0 radical (unpaired) electrons. The number of benzene rings is 3. The highest BCUT2D eigenvalue weighted by atomic mass is 19.1. The van der Waals surface area contributed by atoms with Crippen molar-refractivity contribution in [1.29, 1.82) is 0 Å². The first-order chi connectivity index (χ1) is 14.8. The van der Waals surface area contributed by atoms with Crippen molar-refractivity contribution in [3.63, 3.8) is 0 Å². The minimum atomic E-state index is -1.35. The van der Waals surface area contributed by atoms with E-state index in [-0.39, 0.29) is 17.3 Å². The minimum Gasteiger partial charge on any atom is -0.345 e. The second kappa shape index (κ2) is 9.12. The Balaban J connectivity index is 1.82. The first-order valence-electron chi connectivity index (χ1n) is 9.17. The average Bonchev–Trinajstić information content (AvgIpc) is 2.75. The summed E-state index contributed by atoms with van der Waals surface area (Å²) in [5.41, 5.74) is -0.745. The summed E-state index contributed by atoms with van der Waals surface area (Å²) >= 11 is 0. The molecule has 0 fully saturated rings. The maximum atomic E-state index is 14.2. The molecule has 0 aliphatic heterocycles. The Morgan fingerprint density at radius 3 is 2.23 bits per heavy atom. The molecule has 0 aliphatic rings. The third-order valence-corrected chi connectivity index (χ3v) is 4.54. The molecule has 0 aliphatic carbocycles. The van der Waals surface area contributed by atoms with Gasteiger partial charge in [0, 0.05) is 0 Å². The van der Waals surface area contributed by atoms with E-state index in [1.807, 2.05) is 30.3 Å². The number of nitro groups is 1. The Hall–Kier alpha value is -4.14. The number of amides is 2. The lowest BCUT2D eigenvalue weighted by Gasteiger charge is -2.16. The fraction of sp³-hybridized carbons (Fsp3) is 0.0909. The summed E-state index contributed by atoms with van der Waals surface area (Å²) in [6.45, 7) is 1.80. The van der Waals surface area contributed by atoms with Crippen LogP contribution in [0.5, 0.6) is 0 Å². The Kier molecular flexibility index (Phi) is 6.35. The van der Waals surface area contributed by atoms with Gasteiger partial charge in [0.25, 0.3) is 11.8 Å². The maximum absolute atomic E-state index is 14.2. The zero-order valence-electron chi connectivity index (χ0n) is 16.3. The molecule has 3 aromatic rings. The topological polar surface area (TPSA) is 101 Å². The van der Waals surface area contributed by atoms with Gasteiger partial charge in [-0.1, -0.05) is 42.5 Å². The SMILES string of the molecule is CC(NC(=O)c1ccccc1NC(=O)c1cc(F)c([N+](=O)[O-])cc1F)c1ccccc1. The maximum Gasteiger partial charge on any atom is 0.307 e. The van der Waals surface area contributed by atoms with E-state index in [0.29, 0.717) is 12.1 Å². The van der Waals surface area contributed by atoms with Crippen LogP contribution in [0.2, 0.25) is 0 Å². The normalized spacial score (nSPS) is 11.5. The number of carbonyl (C=O) groups is 2. The molecule has 1 atom stereocenters. The molecule has 0 heterocycles. The highest BCUT2D eigenvalue weighted by Crippen LogP contribution is 2.23. The van der Waals surface area contributed by atoms with Crippen LogP contribution in [0.25, 0.3) is 0 Å². The monoisotopic (exact) mass is 425 g/mol. The van der Waals surface area contributed by atoms with Crippen LogP contribution in [0.3, 0.4) is 0 Å². The van der Waals surface area contributed by atoms with Crippen LogP contribution in [-0.4, -0.2) is 16.7 Å². The Labute approximate surface area is 175 Å². The summed E-state index contributed by atoms with van der Waals surface area (Å²) in [6.07, 6.45) is 0. The summed E-state index contributed by atoms with van der Waals surface area (Å²) in [5.74, 6) is -4.14. The number of nitro benzene ring substituents is 1. The third-order valence-electron chi connectivity index (χ3n) is 4.54. The van der Waals surface area contributed by atoms with Crippen molar-refractivity contribution in [2.24, 2.45) is 0 Å². The molecule has 31 heavy (non-hydrogen) atoms. The van der Waals surface area contributed by atoms with Gasteiger partial charge in [0.1, 0.15) is 5.82 Å². The van der Waals surface area contributed by atoms with E-state index in [2.05, 4.69) is 10.6 Å². The van der Waals surface area contributed by atoms with Gasteiger partial charge in [-0.15, -0.1) is 0 Å². The third kappa shape index (κ3) is 4.89. The predicted octanol–water partition coefficient (Wildman–Crippen LogP) is 4.62. The van der Waals surface area contributed by atoms with Gasteiger partial charge in [-0.3, -0.25) is 19.7 Å². The molecule has 0 aromatic heterocycles. The van der Waals surface area contributed by atoms with Crippen molar-refractivity contribution in [2.45, 2.75) is 13.0 Å². The fourth-order valence-corrected chi connectivity index (χ4v) is 2.93. The smallest absolute Gasteiger partial charge is 0.307 e. The van der Waals surface area contributed by atoms with Crippen molar-refractivity contribution < 1.29 is 23.3 Å². The van der Waals surface area contributed by atoms with Gasteiger partial charge in [0.15, 0.2) is 0 Å². The van der Waals surface area contributed by atoms with Gasteiger partial charge >= 0.3 is 5.69 Å². The van der Waals surface area contributed by atoms with Crippen LogP contribution in [-0.2, 0) is 0 Å². The average molecular weight is 425 g/mol. The fourth-order valence-electron chi connectivity index (χ4n) is 2.93. The second-order valence-corrected chi connectivity index (χ2v) is 6.65. The number of rotatable bonds is 6. The molecule has 7 nitrogen and oxygen atoms in total. The summed E-state index contributed by atoms with van der Waals surface area (Å²) < 4.78 is 28.0. The van der Waals surface area contributed by atoms with Crippen LogP contribution in [0.15, 0.2) is 66.7 Å². The molecule has 0 saturated carbocycles. The molecule has 9 heteroatoms. The quantitative estimate of drug-likeness (QED) is 0.445. The molecule has 3 rings (SSSR count). The molecule has 2 amide bonds. The molecular formula is C22H17F2N3O4. The van der Waals surface area contributed by atoms with Crippen molar-refractivity contribution in [1.82, 2.24) is 5.32 Å². The van der Waals surface area contributed by atoms with Gasteiger partial charge < -0.3 is 10.6 Å². The molecule has 158 valence electrons. The molecule has 0 spiro atoms. The predicted molar refractivity (Wildman–Crippen MR) is 110 cm³/mol. The lowest BCUT2D eigenvalue weighted by Crippen LogP contribution is -2.28. The molecule has 3 aromatic carbocycles. The van der Waals surface area contributed by atoms with E-state index in [0.717, 1.165) is 5.56 Å². The lowest BCUT2D eigenvalue weighted by molar-refractivity contribution is -0.387. The number of hydrogen-bond donors (Lipinski definition) is 2. The number of para-hydroxylation sites is 1. The number of nitrogens with one attached hydrogen (secondary N) is 2. The first kappa shape index (κ1) is 21.6. The highest BCUT2D eigenvalue weighted by molar-refractivity contribution is 6.09. The standard InChI is InChI=1S/C22H17F2N3O4/c1-13(14-7-3-2-4-8-14)25-21(28)15-9-5-6-10-19(15)26-22(29)16-11-18(24)20(27(30)31)12-17(16)23/h2-13H,1H3,(H,25,28)(H,26,29). The minimum absolute atomic E-state index is 0.0726. The Morgan fingerprint density at radius 1 is 0.903 bits per heavy atom. The van der Waals surface area contributed by atoms with Crippen molar-refractivity contribution in [2.75, 3.05) is 5.32 Å². The summed E-state index contributed by atoms with van der Waals surface area (Å²) in [6, 6.07) is 15.7. The number of carbonyl (C=O) groups excluding carboxylic acids is 2. The first-order valence-corrected chi connectivity index (χ1v) is 9.17. The van der Waals surface area contributed by atoms with Crippen molar-refractivity contribution in [3.8, 4) is 0 Å². The molecule has 0 bridgehead atoms. The Morgan fingerprint density at radius 2 is 1.55 bits per heavy atom. The van der Waals surface area contributed by atoms with E-state index in [9.17, 15) is 28.5 Å². The van der Waals surface area contributed by atoms with Gasteiger partial charge in [0.2, 0.25) is 5.82 Å². The van der Waals surface area contributed by atoms with Crippen molar-refractivity contribution >= 4 is 23.2 Å². The largest absolute Gasteiger partial charge is 0.345 e. The molecule has 2 N–H and O–H groups in total. The van der Waals surface area contributed by atoms with Crippen LogP contribution in [0.1, 0.15) is 39.2 Å². The molecule has 0 saturated heterocycles. The molecule has 1 unspecified atom stereocenters. The second-order valence-electron chi connectivity index (χ2n) is 6.65. The highest BCUT2D eigenvalue weighted by Gasteiger charge is 2.23. The molecular weight excluding hydrogens is 408 g/mol. The van der Waals surface area contributed by atoms with E-state index in [1.165, 1.54) is 12.1 Å². The zero-order valence-corrected chi connectivity index (χ0v) is 16.3. The van der Waals surface area contributed by atoms with Gasteiger partial charge in [-0.05, 0) is 30.7 Å². The van der Waals surface area contributed by atoms with Gasteiger partial charge in [-0.25, -0.2) is 4.39 Å². The number of halogens is 2. The van der Waals surface area contributed by atoms with E-state index in [1.54, 1.807) is 19.1 Å². The summed E-state index contributed by atoms with van der Waals surface area (Å²) in [7, 11) is 0. The van der Waals surface area contributed by atoms with Gasteiger partial charge in [0.05, 0.1) is 33.8 Å². The van der Waals surface area contributed by atoms with E-state index in [4.69, 9.17) is 0 Å². The number of hydrogen-bond acceptors (Lipinski definition) is 4. The number of anilines is 1.